The summed E-state index contributed by atoms with van der Waals surface area (Å²) < 4.78 is 15.7. The van der Waals surface area contributed by atoms with Crippen LogP contribution in [0.25, 0.3) is 0 Å². The third kappa shape index (κ3) is 1.94. The highest BCUT2D eigenvalue weighted by Crippen LogP contribution is 2.39. The average Bonchev–Trinajstić information content (AvgIpc) is 2.14. The number of thioether (sulfide) groups is 1. The fourth-order valence-corrected chi connectivity index (χ4v) is 4.09. The van der Waals surface area contributed by atoms with Crippen LogP contribution >= 0.6 is 11.8 Å². The third-order valence-electron chi connectivity index (χ3n) is 2.20. The van der Waals surface area contributed by atoms with Gasteiger partial charge in [-0.1, -0.05) is 6.58 Å². The van der Waals surface area contributed by atoms with Crippen LogP contribution in [0.4, 0.5) is 0 Å². The molecule has 0 spiro atoms. The fraction of sp³-hybridized carbons (Fsp3) is 0.667. The summed E-state index contributed by atoms with van der Waals surface area (Å²) in [5, 5.41) is 0. The van der Waals surface area contributed by atoms with E-state index in [-0.39, 0.29) is 0 Å². The molecule has 1 rings (SSSR count). The zero-order valence-electron chi connectivity index (χ0n) is 8.37. The van der Waals surface area contributed by atoms with Gasteiger partial charge in [-0.25, -0.2) is 4.79 Å². The average molecular weight is 234 g/mol. The maximum absolute atomic E-state index is 11.8. The maximum atomic E-state index is 11.8. The third-order valence-corrected chi connectivity index (χ3v) is 5.65. The second kappa shape index (κ2) is 4.59. The molecule has 14 heavy (non-hydrogen) atoms. The van der Waals surface area contributed by atoms with E-state index in [0.29, 0.717) is 17.3 Å². The van der Waals surface area contributed by atoms with E-state index in [1.54, 1.807) is 13.8 Å². The van der Waals surface area contributed by atoms with Crippen molar-refractivity contribution in [1.29, 1.82) is 0 Å². The second-order valence-electron chi connectivity index (χ2n) is 3.08. The van der Waals surface area contributed by atoms with Gasteiger partial charge in [-0.2, -0.15) is 0 Å². The van der Waals surface area contributed by atoms with Crippen molar-refractivity contribution < 1.29 is 14.1 Å². The Morgan fingerprint density at radius 2 is 2.50 bits per heavy atom. The van der Waals surface area contributed by atoms with Crippen LogP contribution in [0.1, 0.15) is 13.8 Å². The first-order valence-corrected chi connectivity index (χ1v) is 6.71. The smallest absolute Gasteiger partial charge is 0.367 e. The maximum Gasteiger partial charge on any atom is 0.367 e. The van der Waals surface area contributed by atoms with E-state index in [2.05, 4.69) is 6.58 Å². The van der Waals surface area contributed by atoms with Gasteiger partial charge in [-0.3, -0.25) is 0 Å². The summed E-state index contributed by atoms with van der Waals surface area (Å²) in [6.07, 6.45) is 0. The van der Waals surface area contributed by atoms with Gasteiger partial charge in [0.05, 0.1) is 6.61 Å². The molecule has 3 nitrogen and oxygen atoms in total. The van der Waals surface area contributed by atoms with Crippen molar-refractivity contribution in [3.05, 3.63) is 11.5 Å². The molecule has 0 amide bonds. The van der Waals surface area contributed by atoms with Crippen LogP contribution in [0.5, 0.6) is 0 Å². The minimum Gasteiger partial charge on any atom is -0.615 e. The molecule has 1 heterocycles. The Morgan fingerprint density at radius 3 is 3.00 bits per heavy atom. The van der Waals surface area contributed by atoms with Crippen LogP contribution < -0.4 is 0 Å². The number of rotatable bonds is 2. The fourth-order valence-electron chi connectivity index (χ4n) is 1.18. The minimum atomic E-state index is -1.20. The van der Waals surface area contributed by atoms with Crippen LogP contribution in [0.2, 0.25) is 0 Å². The first-order valence-electron chi connectivity index (χ1n) is 4.41. The summed E-state index contributed by atoms with van der Waals surface area (Å²) in [6.45, 7) is 7.49. The Bertz CT molecular complexity index is 254. The summed E-state index contributed by atoms with van der Waals surface area (Å²) in [5.74, 6) is 0.870. The molecule has 0 N–H and O–H groups in total. The highest BCUT2D eigenvalue weighted by atomic mass is 32.2. The lowest BCUT2D eigenvalue weighted by molar-refractivity contribution is -0.144. The quantitative estimate of drug-likeness (QED) is 0.534. The van der Waals surface area contributed by atoms with Gasteiger partial charge in [-0.15, -0.1) is 11.8 Å². The van der Waals surface area contributed by atoms with E-state index in [4.69, 9.17) is 4.74 Å². The van der Waals surface area contributed by atoms with Crippen molar-refractivity contribution in [2.45, 2.75) is 18.6 Å². The first kappa shape index (κ1) is 11.9. The number of carbonyl (C=O) groups excluding carboxylic acids is 1. The Kier molecular flexibility index (Phi) is 3.92. The predicted molar refractivity (Wildman–Crippen MR) is 59.6 cm³/mol. The lowest BCUT2D eigenvalue weighted by Crippen LogP contribution is -2.49. The lowest BCUT2D eigenvalue weighted by atomic mass is 10.1. The van der Waals surface area contributed by atoms with Gasteiger partial charge in [0.2, 0.25) is 4.75 Å². The molecule has 5 heteroatoms. The molecule has 80 valence electrons. The van der Waals surface area contributed by atoms with E-state index in [9.17, 15) is 9.35 Å². The molecule has 0 radical (unpaired) electrons. The number of hydrogen-bond donors (Lipinski definition) is 0. The van der Waals surface area contributed by atoms with Crippen molar-refractivity contribution in [3.63, 3.8) is 0 Å². The van der Waals surface area contributed by atoms with Gasteiger partial charge in [0.25, 0.3) is 0 Å². The van der Waals surface area contributed by atoms with Crippen molar-refractivity contribution in [2.24, 2.45) is 0 Å². The number of carbonyl (C=O) groups is 1. The van der Waals surface area contributed by atoms with E-state index in [1.165, 1.54) is 11.8 Å². The lowest BCUT2D eigenvalue weighted by Gasteiger charge is -2.34. The largest absolute Gasteiger partial charge is 0.615 e. The van der Waals surface area contributed by atoms with E-state index < -0.39 is 21.9 Å². The van der Waals surface area contributed by atoms with Crippen molar-refractivity contribution in [2.75, 3.05) is 18.1 Å². The summed E-state index contributed by atoms with van der Waals surface area (Å²) in [5.41, 5.74) is 0. The molecule has 1 saturated heterocycles. The molecule has 2 atom stereocenters. The molecule has 0 saturated carbocycles. The first-order chi connectivity index (χ1) is 6.53. The Hall–Kier alpha value is -0.130. The highest BCUT2D eigenvalue weighted by Gasteiger charge is 2.51. The molecule has 1 aliphatic rings. The topological polar surface area (TPSA) is 49.4 Å². The molecule has 0 aliphatic carbocycles. The Labute approximate surface area is 91.5 Å². The van der Waals surface area contributed by atoms with Crippen molar-refractivity contribution in [3.8, 4) is 0 Å². The zero-order chi connectivity index (χ0) is 10.8. The van der Waals surface area contributed by atoms with Gasteiger partial charge in [0.15, 0.2) is 0 Å². The van der Waals surface area contributed by atoms with Crippen molar-refractivity contribution >= 4 is 28.9 Å². The highest BCUT2D eigenvalue weighted by molar-refractivity contribution is 8.07. The van der Waals surface area contributed by atoms with Crippen LogP contribution in [-0.2, 0) is 20.7 Å². The van der Waals surface area contributed by atoms with Crippen LogP contribution in [0, 0.1) is 0 Å². The van der Waals surface area contributed by atoms with Gasteiger partial charge in [-0.05, 0) is 18.1 Å². The van der Waals surface area contributed by atoms with Gasteiger partial charge < -0.3 is 9.29 Å². The van der Waals surface area contributed by atoms with Gasteiger partial charge >= 0.3 is 5.97 Å². The monoisotopic (exact) mass is 234 g/mol. The normalized spacial score (nSPS) is 32.8. The molecular formula is C9H14O3S2. The molecule has 2 unspecified atom stereocenters. The van der Waals surface area contributed by atoms with Gasteiger partial charge in [0.1, 0.15) is 5.75 Å². The summed E-state index contributed by atoms with van der Waals surface area (Å²) >= 11 is 0.294. The molecule has 1 fully saturated rings. The second-order valence-corrected chi connectivity index (χ2v) is 6.18. The summed E-state index contributed by atoms with van der Waals surface area (Å²) in [4.78, 5) is 12.3. The minimum absolute atomic E-state index is 0.309. The van der Waals surface area contributed by atoms with Crippen molar-refractivity contribution in [1.82, 2.24) is 0 Å². The van der Waals surface area contributed by atoms with Crippen LogP contribution in [-0.4, -0.2) is 33.4 Å². The molecule has 1 aliphatic heterocycles. The van der Waals surface area contributed by atoms with E-state index >= 15 is 0 Å². The summed E-state index contributed by atoms with van der Waals surface area (Å²) in [6, 6.07) is 0. The van der Waals surface area contributed by atoms with Crippen LogP contribution in [0.15, 0.2) is 11.5 Å². The Balaban J connectivity index is 2.86. The predicted octanol–water partition coefficient (Wildman–Crippen LogP) is 1.32. The van der Waals surface area contributed by atoms with Crippen LogP contribution in [0.3, 0.4) is 0 Å². The molecule has 0 aromatic carbocycles. The molecular weight excluding hydrogens is 220 g/mol. The molecule has 0 aromatic heterocycles. The molecule has 0 bridgehead atoms. The standard InChI is InChI=1S/C9H14O3S2/c1-4-12-8(10)9(3)7(2)13-5-6-14(9)11/h2,4-6H2,1,3H3. The Morgan fingerprint density at radius 1 is 1.86 bits per heavy atom. The number of ether oxygens (including phenoxy) is 1. The van der Waals surface area contributed by atoms with Gasteiger partial charge in [0, 0.05) is 17.6 Å². The number of hydrogen-bond acceptors (Lipinski definition) is 4. The SMILES string of the molecule is C=C1SCC[S+]([O-])C1(C)C(=O)OCC. The number of esters is 1. The van der Waals surface area contributed by atoms with E-state index in [0.717, 1.165) is 5.75 Å². The summed E-state index contributed by atoms with van der Waals surface area (Å²) in [7, 11) is 0. The molecule has 0 aromatic rings. The van der Waals surface area contributed by atoms with E-state index in [1.807, 2.05) is 0 Å². The zero-order valence-corrected chi connectivity index (χ0v) is 10.0.